The minimum absolute atomic E-state index is 0.162. The lowest BCUT2D eigenvalue weighted by atomic mass is 10.1. The van der Waals surface area contributed by atoms with Gasteiger partial charge in [-0.3, -0.25) is 0 Å². The summed E-state index contributed by atoms with van der Waals surface area (Å²) in [7, 11) is 1.56. The van der Waals surface area contributed by atoms with Gasteiger partial charge >= 0.3 is 0 Å². The number of hydrogen-bond donors (Lipinski definition) is 1. The zero-order chi connectivity index (χ0) is 11.5. The summed E-state index contributed by atoms with van der Waals surface area (Å²) in [5.74, 6) is -0.210. The fraction of sp³-hybridized carbons (Fsp3) is 0.182. The SMILES string of the molecule is COCc1ccc(-c2cc(N)on2)c(F)c1. The Bertz CT molecular complexity index is 496. The zero-order valence-corrected chi connectivity index (χ0v) is 8.74. The maximum absolute atomic E-state index is 13.7. The number of halogens is 1. The lowest BCUT2D eigenvalue weighted by Crippen LogP contribution is -1.91. The molecule has 0 saturated heterocycles. The molecule has 1 aromatic carbocycles. The van der Waals surface area contributed by atoms with Crippen molar-refractivity contribution in [2.45, 2.75) is 6.61 Å². The van der Waals surface area contributed by atoms with E-state index in [9.17, 15) is 4.39 Å². The molecule has 0 spiro atoms. The quantitative estimate of drug-likeness (QED) is 0.864. The van der Waals surface area contributed by atoms with Crippen LogP contribution in [0.15, 0.2) is 28.8 Å². The summed E-state index contributed by atoms with van der Waals surface area (Å²) in [6.45, 7) is 0.373. The van der Waals surface area contributed by atoms with E-state index in [1.807, 2.05) is 0 Å². The molecule has 0 unspecified atom stereocenters. The molecule has 0 radical (unpaired) electrons. The van der Waals surface area contributed by atoms with Crippen LogP contribution in [0.3, 0.4) is 0 Å². The molecule has 0 bridgehead atoms. The Hall–Kier alpha value is -1.88. The van der Waals surface area contributed by atoms with Crippen molar-refractivity contribution in [1.29, 1.82) is 0 Å². The molecule has 2 aromatic rings. The Morgan fingerprint density at radius 2 is 2.25 bits per heavy atom. The second kappa shape index (κ2) is 4.32. The van der Waals surface area contributed by atoms with Gasteiger partial charge in [0, 0.05) is 18.7 Å². The van der Waals surface area contributed by atoms with Gasteiger partial charge in [-0.15, -0.1) is 0 Å². The molecule has 0 atom stereocenters. The highest BCUT2D eigenvalue weighted by Gasteiger charge is 2.10. The molecule has 1 aromatic heterocycles. The average Bonchev–Trinajstić information content (AvgIpc) is 2.65. The lowest BCUT2D eigenvalue weighted by molar-refractivity contribution is 0.184. The van der Waals surface area contributed by atoms with Gasteiger partial charge in [0.05, 0.1) is 6.61 Å². The van der Waals surface area contributed by atoms with Crippen LogP contribution in [0.5, 0.6) is 0 Å². The number of nitrogens with two attached hydrogens (primary N) is 1. The summed E-state index contributed by atoms with van der Waals surface area (Å²) in [5, 5.41) is 3.65. The van der Waals surface area contributed by atoms with E-state index in [2.05, 4.69) is 9.68 Å². The molecule has 0 amide bonds. The number of nitrogens with zero attached hydrogens (tertiary/aromatic N) is 1. The second-order valence-corrected chi connectivity index (χ2v) is 3.36. The minimum atomic E-state index is -0.372. The first-order chi connectivity index (χ1) is 7.70. The van der Waals surface area contributed by atoms with E-state index >= 15 is 0 Å². The third-order valence-electron chi connectivity index (χ3n) is 2.15. The van der Waals surface area contributed by atoms with Crippen molar-refractivity contribution in [3.8, 4) is 11.3 Å². The fourth-order valence-electron chi connectivity index (χ4n) is 1.44. The van der Waals surface area contributed by atoms with E-state index in [-0.39, 0.29) is 11.7 Å². The summed E-state index contributed by atoms with van der Waals surface area (Å²) < 4.78 is 23.3. The van der Waals surface area contributed by atoms with Crippen molar-refractivity contribution in [2.75, 3.05) is 12.8 Å². The van der Waals surface area contributed by atoms with Crippen LogP contribution in [-0.4, -0.2) is 12.3 Å². The topological polar surface area (TPSA) is 61.3 Å². The maximum atomic E-state index is 13.7. The standard InChI is InChI=1S/C11H11FN2O2/c1-15-6-7-2-3-8(9(12)4-7)10-5-11(13)16-14-10/h2-5H,6,13H2,1H3. The van der Waals surface area contributed by atoms with Crippen LogP contribution in [0, 0.1) is 5.82 Å². The number of anilines is 1. The van der Waals surface area contributed by atoms with Gasteiger partial charge in [0.25, 0.3) is 0 Å². The van der Waals surface area contributed by atoms with Crippen molar-refractivity contribution in [2.24, 2.45) is 0 Å². The van der Waals surface area contributed by atoms with Crippen LogP contribution in [0.2, 0.25) is 0 Å². The monoisotopic (exact) mass is 222 g/mol. The van der Waals surface area contributed by atoms with Crippen LogP contribution in [0.1, 0.15) is 5.56 Å². The Morgan fingerprint density at radius 3 is 2.81 bits per heavy atom. The van der Waals surface area contributed by atoms with Crippen molar-refractivity contribution in [3.05, 3.63) is 35.6 Å². The molecule has 4 nitrogen and oxygen atoms in total. The van der Waals surface area contributed by atoms with Crippen LogP contribution < -0.4 is 5.73 Å². The zero-order valence-electron chi connectivity index (χ0n) is 8.74. The first-order valence-corrected chi connectivity index (χ1v) is 4.70. The second-order valence-electron chi connectivity index (χ2n) is 3.36. The first kappa shape index (κ1) is 10.6. The van der Waals surface area contributed by atoms with Gasteiger partial charge < -0.3 is 15.0 Å². The molecule has 5 heteroatoms. The number of methoxy groups -OCH3 is 1. The number of hydrogen-bond acceptors (Lipinski definition) is 4. The maximum Gasteiger partial charge on any atom is 0.222 e. The highest BCUT2D eigenvalue weighted by Crippen LogP contribution is 2.24. The van der Waals surface area contributed by atoms with Crippen molar-refractivity contribution < 1.29 is 13.7 Å². The molecule has 0 aliphatic carbocycles. The number of rotatable bonds is 3. The van der Waals surface area contributed by atoms with Gasteiger partial charge in [0.15, 0.2) is 0 Å². The molecule has 1 heterocycles. The largest absolute Gasteiger partial charge is 0.380 e. The normalized spacial score (nSPS) is 10.6. The molecular formula is C11H11FN2O2. The fourth-order valence-corrected chi connectivity index (χ4v) is 1.44. The van der Waals surface area contributed by atoms with E-state index in [1.165, 1.54) is 12.1 Å². The van der Waals surface area contributed by atoms with Gasteiger partial charge in [-0.25, -0.2) is 4.39 Å². The molecule has 0 fully saturated rings. The van der Waals surface area contributed by atoms with Gasteiger partial charge in [-0.1, -0.05) is 11.2 Å². The predicted molar refractivity (Wildman–Crippen MR) is 57.0 cm³/mol. The van der Waals surface area contributed by atoms with Gasteiger partial charge in [-0.05, 0) is 17.7 Å². The van der Waals surface area contributed by atoms with Crippen LogP contribution in [-0.2, 0) is 11.3 Å². The van der Waals surface area contributed by atoms with Gasteiger partial charge in [0.2, 0.25) is 5.88 Å². The van der Waals surface area contributed by atoms with Crippen LogP contribution >= 0.6 is 0 Å². The molecule has 0 saturated carbocycles. The van der Waals surface area contributed by atoms with Gasteiger partial charge in [0.1, 0.15) is 11.5 Å². The Kier molecular flexibility index (Phi) is 2.87. The Morgan fingerprint density at radius 1 is 1.44 bits per heavy atom. The van der Waals surface area contributed by atoms with Gasteiger partial charge in [-0.2, -0.15) is 0 Å². The van der Waals surface area contributed by atoms with E-state index in [0.29, 0.717) is 17.9 Å². The van der Waals surface area contributed by atoms with Crippen LogP contribution in [0.4, 0.5) is 10.3 Å². The van der Waals surface area contributed by atoms with E-state index < -0.39 is 0 Å². The van der Waals surface area contributed by atoms with E-state index in [4.69, 9.17) is 10.5 Å². The summed E-state index contributed by atoms with van der Waals surface area (Å²) in [4.78, 5) is 0. The summed E-state index contributed by atoms with van der Waals surface area (Å²) >= 11 is 0. The number of ether oxygens (including phenoxy) is 1. The average molecular weight is 222 g/mol. The molecule has 2 rings (SSSR count). The first-order valence-electron chi connectivity index (χ1n) is 4.70. The molecule has 84 valence electrons. The Balaban J connectivity index is 2.36. The number of nitrogen functional groups attached to an aromatic ring is 1. The third kappa shape index (κ3) is 2.04. The predicted octanol–water partition coefficient (Wildman–Crippen LogP) is 2.21. The smallest absolute Gasteiger partial charge is 0.222 e. The summed E-state index contributed by atoms with van der Waals surface area (Å²) in [6.07, 6.45) is 0. The van der Waals surface area contributed by atoms with Crippen LogP contribution in [0.25, 0.3) is 11.3 Å². The number of benzene rings is 1. The van der Waals surface area contributed by atoms with Crippen molar-refractivity contribution >= 4 is 5.88 Å². The molecule has 2 N–H and O–H groups in total. The highest BCUT2D eigenvalue weighted by molar-refractivity contribution is 5.62. The third-order valence-corrected chi connectivity index (χ3v) is 2.15. The van der Waals surface area contributed by atoms with E-state index in [0.717, 1.165) is 5.56 Å². The molecule has 0 aliphatic heterocycles. The van der Waals surface area contributed by atoms with E-state index in [1.54, 1.807) is 19.2 Å². The minimum Gasteiger partial charge on any atom is -0.380 e. The Labute approximate surface area is 91.8 Å². The molecule has 0 aliphatic rings. The van der Waals surface area contributed by atoms with Crippen molar-refractivity contribution in [1.82, 2.24) is 5.16 Å². The highest BCUT2D eigenvalue weighted by atomic mass is 19.1. The lowest BCUT2D eigenvalue weighted by Gasteiger charge is -2.02. The summed E-state index contributed by atoms with van der Waals surface area (Å²) in [5.41, 5.74) is 6.89. The molecular weight excluding hydrogens is 211 g/mol. The van der Waals surface area contributed by atoms with Crippen molar-refractivity contribution in [3.63, 3.8) is 0 Å². The number of aromatic nitrogens is 1. The summed E-state index contributed by atoms with van der Waals surface area (Å²) in [6, 6.07) is 6.28. The molecule has 16 heavy (non-hydrogen) atoms.